The maximum atomic E-state index is 12.8. The zero-order valence-corrected chi connectivity index (χ0v) is 18.0. The Bertz CT molecular complexity index is 1020. The van der Waals surface area contributed by atoms with Crippen molar-refractivity contribution in [1.82, 2.24) is 4.90 Å². The van der Waals surface area contributed by atoms with Gasteiger partial charge < -0.3 is 15.0 Å². The summed E-state index contributed by atoms with van der Waals surface area (Å²) >= 11 is 0. The molecule has 0 saturated carbocycles. The molecule has 160 valence electrons. The van der Waals surface area contributed by atoms with Crippen LogP contribution in [0.1, 0.15) is 18.9 Å². The molecule has 31 heavy (non-hydrogen) atoms. The van der Waals surface area contributed by atoms with Crippen molar-refractivity contribution in [2.45, 2.75) is 20.3 Å². The summed E-state index contributed by atoms with van der Waals surface area (Å²) in [7, 11) is 0. The number of nitrogens with zero attached hydrogens (tertiary/aromatic N) is 1. The fraction of sp³-hybridized carbons (Fsp3) is 0.231. The van der Waals surface area contributed by atoms with Gasteiger partial charge in [0.25, 0.3) is 5.91 Å². The van der Waals surface area contributed by atoms with Crippen LogP contribution < -0.4 is 10.1 Å². The number of hydrogen-bond donors (Lipinski definition) is 1. The summed E-state index contributed by atoms with van der Waals surface area (Å²) in [6.45, 7) is 4.27. The number of rotatable bonds is 9. The largest absolute Gasteiger partial charge is 0.483 e. The van der Waals surface area contributed by atoms with Crippen LogP contribution in [-0.4, -0.2) is 36.4 Å². The van der Waals surface area contributed by atoms with E-state index in [1.807, 2.05) is 92.7 Å². The number of carbonyl (C=O) groups is 2. The summed E-state index contributed by atoms with van der Waals surface area (Å²) in [5.74, 6) is 0.202. The van der Waals surface area contributed by atoms with Gasteiger partial charge in [0.05, 0.1) is 6.54 Å². The minimum absolute atomic E-state index is 0.00923. The molecule has 0 aliphatic carbocycles. The Hall–Kier alpha value is -3.60. The summed E-state index contributed by atoms with van der Waals surface area (Å²) in [6, 6.07) is 25.1. The average Bonchev–Trinajstić information content (AvgIpc) is 2.79. The summed E-state index contributed by atoms with van der Waals surface area (Å²) in [5.41, 5.74) is 3.68. The smallest absolute Gasteiger partial charge is 0.260 e. The van der Waals surface area contributed by atoms with Crippen molar-refractivity contribution < 1.29 is 14.3 Å². The summed E-state index contributed by atoms with van der Waals surface area (Å²) in [5, 5.41) is 2.88. The number of ether oxygens (including phenoxy) is 1. The zero-order valence-electron chi connectivity index (χ0n) is 18.0. The number of aryl methyl sites for hydroxylation is 1. The van der Waals surface area contributed by atoms with E-state index in [9.17, 15) is 9.59 Å². The molecular formula is C26H28N2O3. The Balaban J connectivity index is 1.64. The summed E-state index contributed by atoms with van der Waals surface area (Å²) in [4.78, 5) is 26.9. The number of para-hydroxylation sites is 2. The van der Waals surface area contributed by atoms with Crippen molar-refractivity contribution >= 4 is 17.5 Å². The lowest BCUT2D eigenvalue weighted by atomic mass is 10.1. The van der Waals surface area contributed by atoms with E-state index in [0.29, 0.717) is 12.3 Å². The molecule has 5 heteroatoms. The molecule has 0 saturated heterocycles. The van der Waals surface area contributed by atoms with Crippen LogP contribution in [-0.2, 0) is 9.59 Å². The molecular weight excluding hydrogens is 388 g/mol. The quantitative estimate of drug-likeness (QED) is 0.539. The van der Waals surface area contributed by atoms with Gasteiger partial charge in [0.1, 0.15) is 5.75 Å². The van der Waals surface area contributed by atoms with E-state index < -0.39 is 0 Å². The maximum Gasteiger partial charge on any atom is 0.260 e. The molecule has 0 fully saturated rings. The molecule has 3 aromatic carbocycles. The van der Waals surface area contributed by atoms with Crippen molar-refractivity contribution in [1.29, 1.82) is 0 Å². The van der Waals surface area contributed by atoms with Gasteiger partial charge in [-0.15, -0.1) is 0 Å². The molecule has 0 atom stereocenters. The minimum atomic E-state index is -0.221. The third-order valence-electron chi connectivity index (χ3n) is 4.92. The highest BCUT2D eigenvalue weighted by atomic mass is 16.5. The molecule has 0 heterocycles. The number of amides is 2. The van der Waals surface area contributed by atoms with Crippen LogP contribution in [0.3, 0.4) is 0 Å². The molecule has 0 aromatic heterocycles. The molecule has 3 rings (SSSR count). The van der Waals surface area contributed by atoms with Crippen LogP contribution in [0.4, 0.5) is 5.69 Å². The standard InChI is InChI=1S/C26H28N2O3/c1-3-17-28(18-25(29)27-23-15-9-7-11-20(23)2)26(30)19-31-24-16-10-8-14-22(24)21-12-5-4-6-13-21/h4-16H,3,17-19H2,1-2H3,(H,27,29). The first-order valence-electron chi connectivity index (χ1n) is 10.5. The number of hydrogen-bond acceptors (Lipinski definition) is 3. The van der Waals surface area contributed by atoms with E-state index in [1.165, 1.54) is 0 Å². The van der Waals surface area contributed by atoms with Gasteiger partial charge in [-0.05, 0) is 36.6 Å². The minimum Gasteiger partial charge on any atom is -0.483 e. The molecule has 0 radical (unpaired) electrons. The van der Waals surface area contributed by atoms with Crippen LogP contribution in [0.5, 0.6) is 5.75 Å². The average molecular weight is 417 g/mol. The number of anilines is 1. The lowest BCUT2D eigenvalue weighted by Gasteiger charge is -2.22. The number of nitrogens with one attached hydrogen (secondary N) is 1. The van der Waals surface area contributed by atoms with Gasteiger partial charge in [0.15, 0.2) is 6.61 Å². The monoisotopic (exact) mass is 416 g/mol. The van der Waals surface area contributed by atoms with Crippen LogP contribution in [0.25, 0.3) is 11.1 Å². The van der Waals surface area contributed by atoms with E-state index in [-0.39, 0.29) is 25.0 Å². The van der Waals surface area contributed by atoms with E-state index in [4.69, 9.17) is 4.74 Å². The predicted octanol–water partition coefficient (Wildman–Crippen LogP) is 4.92. The lowest BCUT2D eigenvalue weighted by Crippen LogP contribution is -2.41. The molecule has 0 aliphatic heterocycles. The highest BCUT2D eigenvalue weighted by Gasteiger charge is 2.18. The molecule has 0 aliphatic rings. The summed E-state index contributed by atoms with van der Waals surface area (Å²) in [6.07, 6.45) is 0.754. The third-order valence-corrected chi connectivity index (χ3v) is 4.92. The number of benzene rings is 3. The normalized spacial score (nSPS) is 10.4. The third kappa shape index (κ3) is 6.19. The van der Waals surface area contributed by atoms with Crippen molar-refractivity contribution in [2.24, 2.45) is 0 Å². The fourth-order valence-corrected chi connectivity index (χ4v) is 3.32. The molecule has 0 bridgehead atoms. The first kappa shape index (κ1) is 22.1. The van der Waals surface area contributed by atoms with Crippen molar-refractivity contribution in [2.75, 3.05) is 25.0 Å². The molecule has 2 amide bonds. The first-order chi connectivity index (χ1) is 15.1. The van der Waals surface area contributed by atoms with E-state index in [1.54, 1.807) is 4.90 Å². The Morgan fingerprint density at radius 2 is 1.58 bits per heavy atom. The Morgan fingerprint density at radius 3 is 2.32 bits per heavy atom. The lowest BCUT2D eigenvalue weighted by molar-refractivity contribution is -0.136. The summed E-state index contributed by atoms with van der Waals surface area (Å²) < 4.78 is 5.88. The topological polar surface area (TPSA) is 58.6 Å². The van der Waals surface area contributed by atoms with E-state index in [2.05, 4.69) is 5.32 Å². The van der Waals surface area contributed by atoms with Gasteiger partial charge in [-0.25, -0.2) is 0 Å². The highest BCUT2D eigenvalue weighted by Crippen LogP contribution is 2.29. The first-order valence-corrected chi connectivity index (χ1v) is 10.5. The van der Waals surface area contributed by atoms with Gasteiger partial charge in [-0.2, -0.15) is 0 Å². The van der Waals surface area contributed by atoms with Crippen LogP contribution in [0.2, 0.25) is 0 Å². The molecule has 0 spiro atoms. The van der Waals surface area contributed by atoms with Crippen molar-refractivity contribution in [3.8, 4) is 16.9 Å². The van der Waals surface area contributed by atoms with Gasteiger partial charge >= 0.3 is 0 Å². The van der Waals surface area contributed by atoms with Crippen LogP contribution in [0.15, 0.2) is 78.9 Å². The SMILES string of the molecule is CCCN(CC(=O)Nc1ccccc1C)C(=O)COc1ccccc1-c1ccccc1. The molecule has 1 N–H and O–H groups in total. The molecule has 3 aromatic rings. The van der Waals surface area contributed by atoms with Crippen LogP contribution >= 0.6 is 0 Å². The second-order valence-corrected chi connectivity index (χ2v) is 7.33. The molecule has 5 nitrogen and oxygen atoms in total. The van der Waals surface area contributed by atoms with Crippen molar-refractivity contribution in [3.05, 3.63) is 84.4 Å². The Morgan fingerprint density at radius 1 is 0.903 bits per heavy atom. The highest BCUT2D eigenvalue weighted by molar-refractivity contribution is 5.95. The Labute approximate surface area is 183 Å². The second-order valence-electron chi connectivity index (χ2n) is 7.33. The fourth-order valence-electron chi connectivity index (χ4n) is 3.32. The Kier molecular flexibility index (Phi) is 7.82. The van der Waals surface area contributed by atoms with Crippen molar-refractivity contribution in [3.63, 3.8) is 0 Å². The second kappa shape index (κ2) is 11.0. The van der Waals surface area contributed by atoms with Gasteiger partial charge in [0.2, 0.25) is 5.91 Å². The van der Waals surface area contributed by atoms with Gasteiger partial charge in [-0.3, -0.25) is 9.59 Å². The predicted molar refractivity (Wildman–Crippen MR) is 124 cm³/mol. The van der Waals surface area contributed by atoms with Gasteiger partial charge in [-0.1, -0.05) is 73.7 Å². The zero-order chi connectivity index (χ0) is 22.1. The molecule has 0 unspecified atom stereocenters. The number of carbonyl (C=O) groups excluding carboxylic acids is 2. The van der Waals surface area contributed by atoms with E-state index in [0.717, 1.165) is 28.8 Å². The maximum absolute atomic E-state index is 12.8. The van der Waals surface area contributed by atoms with Gasteiger partial charge in [0, 0.05) is 17.8 Å². The van der Waals surface area contributed by atoms with E-state index >= 15 is 0 Å². The van der Waals surface area contributed by atoms with Crippen LogP contribution in [0, 0.1) is 6.92 Å².